The molecule has 0 aromatic rings. The second-order valence-electron chi connectivity index (χ2n) is 3.34. The Morgan fingerprint density at radius 2 is 1.89 bits per heavy atom. The first-order valence-corrected chi connectivity index (χ1v) is 5.43. The Hall–Kier alpha value is -2.13. The highest BCUT2D eigenvalue weighted by atomic mass is 16.3. The van der Waals surface area contributed by atoms with E-state index in [1.54, 1.807) is 19.1 Å². The van der Waals surface area contributed by atoms with Gasteiger partial charge in [-0.15, -0.1) is 0 Å². The third kappa shape index (κ3) is 5.82. The molecule has 18 heavy (non-hydrogen) atoms. The summed E-state index contributed by atoms with van der Waals surface area (Å²) in [5, 5.41) is 17.7. The van der Waals surface area contributed by atoms with Gasteiger partial charge in [0.25, 0.3) is 0 Å². The predicted molar refractivity (Wildman–Crippen MR) is 74.2 cm³/mol. The summed E-state index contributed by atoms with van der Waals surface area (Å²) < 4.78 is 0. The normalized spacial score (nSPS) is 13.2. The smallest absolute Gasteiger partial charge is 0.192 e. The van der Waals surface area contributed by atoms with Crippen molar-refractivity contribution in [2.75, 3.05) is 6.61 Å². The molecule has 2 N–H and O–H groups in total. The average molecular weight is 246 g/mol. The summed E-state index contributed by atoms with van der Waals surface area (Å²) in [6.45, 7) is 8.42. The van der Waals surface area contributed by atoms with Crippen molar-refractivity contribution in [2.45, 2.75) is 6.92 Å². The zero-order valence-electron chi connectivity index (χ0n) is 10.5. The fraction of sp³-hybridized carbons (Fsp3) is 0.133. The molecule has 0 aromatic heterocycles. The van der Waals surface area contributed by atoms with Crippen molar-refractivity contribution in [1.82, 2.24) is 0 Å². The Labute approximate surface area is 107 Å². The van der Waals surface area contributed by atoms with E-state index in [1.807, 2.05) is 0 Å². The molecule has 0 aliphatic rings. The number of carbonyl (C=O) groups is 1. The van der Waals surface area contributed by atoms with E-state index in [1.165, 1.54) is 30.4 Å². The zero-order chi connectivity index (χ0) is 14.0. The van der Waals surface area contributed by atoms with Crippen molar-refractivity contribution in [3.05, 3.63) is 72.6 Å². The molecule has 0 radical (unpaired) electrons. The summed E-state index contributed by atoms with van der Waals surface area (Å²) >= 11 is 0. The zero-order valence-corrected chi connectivity index (χ0v) is 10.5. The van der Waals surface area contributed by atoms with E-state index in [0.717, 1.165) is 0 Å². The SMILES string of the molecule is C=C/C=C(\C=C/CO)C(=O)C(/C=C\C(=C)O)=C/C. The molecule has 0 rings (SSSR count). The minimum Gasteiger partial charge on any atom is -0.509 e. The maximum Gasteiger partial charge on any atom is 0.192 e. The second-order valence-corrected chi connectivity index (χ2v) is 3.34. The lowest BCUT2D eigenvalue weighted by molar-refractivity contribution is -0.111. The Morgan fingerprint density at radius 3 is 2.33 bits per heavy atom. The number of allylic oxidation sites excluding steroid dienone is 8. The molecule has 3 heteroatoms. The van der Waals surface area contributed by atoms with Crippen molar-refractivity contribution < 1.29 is 15.0 Å². The van der Waals surface area contributed by atoms with Crippen LogP contribution in [0.5, 0.6) is 0 Å². The van der Waals surface area contributed by atoms with Gasteiger partial charge in [0, 0.05) is 11.1 Å². The quantitative estimate of drug-likeness (QED) is 0.412. The molecule has 96 valence electrons. The average Bonchev–Trinajstić information content (AvgIpc) is 2.34. The van der Waals surface area contributed by atoms with Crippen molar-refractivity contribution >= 4 is 5.78 Å². The van der Waals surface area contributed by atoms with Crippen LogP contribution in [-0.4, -0.2) is 22.6 Å². The molecule has 0 amide bonds. The third-order valence-electron chi connectivity index (χ3n) is 1.99. The first-order chi connectivity index (χ1) is 8.56. The van der Waals surface area contributed by atoms with Crippen molar-refractivity contribution in [3.63, 3.8) is 0 Å². The van der Waals surface area contributed by atoms with E-state index in [9.17, 15) is 4.79 Å². The molecule has 0 spiro atoms. The Bertz CT molecular complexity index is 435. The topological polar surface area (TPSA) is 57.5 Å². The molecular formula is C15H18O3. The van der Waals surface area contributed by atoms with Crippen LogP contribution in [0.4, 0.5) is 0 Å². The largest absolute Gasteiger partial charge is 0.509 e. The van der Waals surface area contributed by atoms with Gasteiger partial charge < -0.3 is 10.2 Å². The van der Waals surface area contributed by atoms with Crippen molar-refractivity contribution in [3.8, 4) is 0 Å². The molecule has 0 aromatic carbocycles. The number of hydrogen-bond donors (Lipinski definition) is 2. The van der Waals surface area contributed by atoms with Gasteiger partial charge >= 0.3 is 0 Å². The number of hydrogen-bond acceptors (Lipinski definition) is 3. The van der Waals surface area contributed by atoms with E-state index >= 15 is 0 Å². The van der Waals surface area contributed by atoms with Crippen molar-refractivity contribution in [2.24, 2.45) is 0 Å². The lowest BCUT2D eigenvalue weighted by atomic mass is 10.0. The number of aliphatic hydroxyl groups is 2. The standard InChI is InChI=1S/C15H18O3/c1-4-7-14(8-6-11-16)15(18)13(5-2)10-9-12(3)17/h4-10,16-17H,1,3,11H2,2H3/b8-6-,10-9-,13-5+,14-7+. The molecule has 0 heterocycles. The van der Waals surface area contributed by atoms with Gasteiger partial charge in [-0.25, -0.2) is 0 Å². The summed E-state index contributed by atoms with van der Waals surface area (Å²) in [6, 6.07) is 0. The summed E-state index contributed by atoms with van der Waals surface area (Å²) in [5.41, 5.74) is 0.821. The van der Waals surface area contributed by atoms with Gasteiger partial charge in [-0.3, -0.25) is 4.79 Å². The van der Waals surface area contributed by atoms with E-state index in [0.29, 0.717) is 11.1 Å². The van der Waals surface area contributed by atoms with Crippen LogP contribution in [0.15, 0.2) is 72.6 Å². The van der Waals surface area contributed by atoms with Crippen molar-refractivity contribution in [1.29, 1.82) is 0 Å². The Morgan fingerprint density at radius 1 is 1.22 bits per heavy atom. The van der Waals surface area contributed by atoms with Crippen LogP contribution >= 0.6 is 0 Å². The molecule has 3 nitrogen and oxygen atoms in total. The molecular weight excluding hydrogens is 228 g/mol. The van der Waals surface area contributed by atoms with E-state index in [2.05, 4.69) is 13.2 Å². The fourth-order valence-electron chi connectivity index (χ4n) is 1.17. The number of ketones is 1. The summed E-state index contributed by atoms with van der Waals surface area (Å²) in [6.07, 6.45) is 10.5. The van der Waals surface area contributed by atoms with Crippen LogP contribution in [0.2, 0.25) is 0 Å². The maximum atomic E-state index is 12.1. The molecule has 0 atom stereocenters. The van der Waals surface area contributed by atoms with Crippen LogP contribution < -0.4 is 0 Å². The van der Waals surface area contributed by atoms with Crippen LogP contribution in [-0.2, 0) is 4.79 Å². The van der Waals surface area contributed by atoms with Gasteiger partial charge in [0.15, 0.2) is 5.78 Å². The van der Waals surface area contributed by atoms with Gasteiger partial charge in [-0.1, -0.05) is 43.5 Å². The predicted octanol–water partition coefficient (Wildman–Crippen LogP) is 2.79. The highest BCUT2D eigenvalue weighted by molar-refractivity contribution is 6.12. The van der Waals surface area contributed by atoms with E-state index in [4.69, 9.17) is 10.2 Å². The Balaban J connectivity index is 5.18. The Kier molecular flexibility index (Phi) is 7.90. The highest BCUT2D eigenvalue weighted by Gasteiger charge is 2.09. The lowest BCUT2D eigenvalue weighted by Gasteiger charge is -2.02. The molecule has 0 aliphatic carbocycles. The van der Waals surface area contributed by atoms with Gasteiger partial charge in [-0.05, 0) is 19.1 Å². The first-order valence-electron chi connectivity index (χ1n) is 5.43. The molecule has 0 saturated carbocycles. The molecule has 0 bridgehead atoms. The van der Waals surface area contributed by atoms with Gasteiger partial charge in [0.2, 0.25) is 0 Å². The minimum atomic E-state index is -0.223. The highest BCUT2D eigenvalue weighted by Crippen LogP contribution is 2.10. The summed E-state index contributed by atoms with van der Waals surface area (Å²) in [7, 11) is 0. The third-order valence-corrected chi connectivity index (χ3v) is 1.99. The fourth-order valence-corrected chi connectivity index (χ4v) is 1.17. The van der Waals surface area contributed by atoms with E-state index < -0.39 is 0 Å². The van der Waals surface area contributed by atoms with Gasteiger partial charge in [0.1, 0.15) is 5.76 Å². The maximum absolute atomic E-state index is 12.1. The second kappa shape index (κ2) is 8.96. The van der Waals surface area contributed by atoms with Crippen LogP contribution in [0.25, 0.3) is 0 Å². The summed E-state index contributed by atoms with van der Waals surface area (Å²) in [4.78, 5) is 12.1. The number of carbonyl (C=O) groups excluding carboxylic acids is 1. The molecule has 0 unspecified atom stereocenters. The van der Waals surface area contributed by atoms with Gasteiger partial charge in [-0.2, -0.15) is 0 Å². The number of rotatable bonds is 7. The number of Topliss-reactive ketones (excluding diaryl/α,β-unsaturated/α-hetero) is 1. The molecule has 0 aliphatic heterocycles. The van der Waals surface area contributed by atoms with Crippen LogP contribution in [0.3, 0.4) is 0 Å². The van der Waals surface area contributed by atoms with Gasteiger partial charge in [0.05, 0.1) is 6.61 Å². The molecule has 0 saturated heterocycles. The monoisotopic (exact) mass is 246 g/mol. The van der Waals surface area contributed by atoms with E-state index in [-0.39, 0.29) is 18.1 Å². The molecule has 0 fully saturated rings. The first kappa shape index (κ1) is 15.9. The summed E-state index contributed by atoms with van der Waals surface area (Å²) in [5.74, 6) is -0.345. The van der Waals surface area contributed by atoms with Crippen LogP contribution in [0.1, 0.15) is 6.92 Å². The minimum absolute atomic E-state index is 0.123. The van der Waals surface area contributed by atoms with Crippen LogP contribution in [0, 0.1) is 0 Å². The lowest BCUT2D eigenvalue weighted by Crippen LogP contribution is -2.03. The number of aliphatic hydroxyl groups excluding tert-OH is 2.